The Morgan fingerprint density at radius 3 is 2.48 bits per heavy atom. The van der Waals surface area contributed by atoms with Gasteiger partial charge in [-0.3, -0.25) is 4.79 Å². The molecule has 0 fully saturated rings. The van der Waals surface area contributed by atoms with Crippen LogP contribution >= 0.6 is 11.6 Å². The molecule has 0 aromatic heterocycles. The van der Waals surface area contributed by atoms with Gasteiger partial charge in [0.05, 0.1) is 18.4 Å². The highest BCUT2D eigenvalue weighted by molar-refractivity contribution is 7.90. The van der Waals surface area contributed by atoms with E-state index in [9.17, 15) is 18.8 Å². The number of carboxylic acid groups (broad SMARTS) is 1. The Labute approximate surface area is 176 Å². The molecule has 0 heterocycles. The fraction of sp³-hybridized carbons (Fsp3) is 0.450. The van der Waals surface area contributed by atoms with E-state index >= 15 is 8.78 Å². The number of carbonyl (C=O) groups is 1. The van der Waals surface area contributed by atoms with Gasteiger partial charge >= 0.3 is 5.97 Å². The van der Waals surface area contributed by atoms with Gasteiger partial charge in [-0.1, -0.05) is 29.8 Å². The summed E-state index contributed by atoms with van der Waals surface area (Å²) in [5.74, 6) is -4.91. The van der Waals surface area contributed by atoms with E-state index in [4.69, 9.17) is 11.6 Å². The van der Waals surface area contributed by atoms with Gasteiger partial charge in [0.25, 0.3) is 0 Å². The van der Waals surface area contributed by atoms with Crippen LogP contribution in [-0.2, 0) is 16.2 Å². The molecule has 0 saturated carbocycles. The first-order valence-electron chi connectivity index (χ1n) is 8.87. The van der Waals surface area contributed by atoms with Crippen LogP contribution in [0.25, 0.3) is 5.57 Å². The van der Waals surface area contributed by atoms with Gasteiger partial charge in [-0.15, -0.1) is 4.72 Å². The molecule has 1 aliphatic carbocycles. The van der Waals surface area contributed by atoms with Gasteiger partial charge in [0.2, 0.25) is 5.13 Å². The molecule has 29 heavy (non-hydrogen) atoms. The summed E-state index contributed by atoms with van der Waals surface area (Å²) in [5.41, 5.74) is -0.492. The van der Waals surface area contributed by atoms with Crippen molar-refractivity contribution in [2.24, 2.45) is 5.92 Å². The minimum absolute atomic E-state index is 0.0130. The van der Waals surface area contributed by atoms with Crippen LogP contribution in [0, 0.1) is 11.7 Å². The quantitative estimate of drug-likeness (QED) is 0.479. The third-order valence-corrected chi connectivity index (χ3v) is 6.60. The van der Waals surface area contributed by atoms with Crippen LogP contribution in [0.5, 0.6) is 0 Å². The summed E-state index contributed by atoms with van der Waals surface area (Å²) in [6.45, 7) is 6.23. The van der Waals surface area contributed by atoms with Crippen molar-refractivity contribution in [3.8, 4) is 0 Å². The summed E-state index contributed by atoms with van der Waals surface area (Å²) in [7, 11) is 0. The largest absolute Gasteiger partial charge is 0.598 e. The van der Waals surface area contributed by atoms with Crippen molar-refractivity contribution in [1.82, 2.24) is 4.72 Å². The third kappa shape index (κ3) is 5.17. The lowest BCUT2D eigenvalue weighted by molar-refractivity contribution is -0.137. The third-order valence-electron chi connectivity index (χ3n) is 4.54. The van der Waals surface area contributed by atoms with Gasteiger partial charge in [-0.25, -0.2) is 13.2 Å². The Morgan fingerprint density at radius 2 is 1.97 bits per heavy atom. The maximum Gasteiger partial charge on any atom is 0.305 e. The number of hydrogen-bond acceptors (Lipinski definition) is 3. The second kappa shape index (κ2) is 8.71. The van der Waals surface area contributed by atoms with Gasteiger partial charge in [0.1, 0.15) is 16.4 Å². The summed E-state index contributed by atoms with van der Waals surface area (Å²) in [6.07, 6.45) is 0.367. The highest BCUT2D eigenvalue weighted by atomic mass is 35.5. The topological polar surface area (TPSA) is 72.4 Å². The summed E-state index contributed by atoms with van der Waals surface area (Å²) < 4.78 is 59.5. The van der Waals surface area contributed by atoms with E-state index < -0.39 is 57.2 Å². The van der Waals surface area contributed by atoms with Crippen LogP contribution in [0.15, 0.2) is 41.7 Å². The van der Waals surface area contributed by atoms with E-state index in [1.54, 1.807) is 20.8 Å². The van der Waals surface area contributed by atoms with Crippen LogP contribution in [-0.4, -0.2) is 31.5 Å². The molecule has 0 amide bonds. The lowest BCUT2D eigenvalue weighted by Gasteiger charge is -2.39. The molecule has 4 unspecified atom stereocenters. The molecule has 0 saturated heterocycles. The zero-order chi connectivity index (χ0) is 22.1. The molecule has 1 aliphatic rings. The van der Waals surface area contributed by atoms with Crippen LogP contribution in [0.2, 0.25) is 0 Å². The molecule has 1 aromatic rings. The second-order valence-corrected chi connectivity index (χ2v) is 10.4. The minimum atomic E-state index is -2.97. The predicted molar refractivity (Wildman–Crippen MR) is 108 cm³/mol. The molecule has 2 N–H and O–H groups in total. The average molecular weight is 450 g/mol. The van der Waals surface area contributed by atoms with Crippen molar-refractivity contribution in [3.05, 3.63) is 53.1 Å². The first kappa shape index (κ1) is 23.8. The smallest absolute Gasteiger partial charge is 0.305 e. The fourth-order valence-electron chi connectivity index (χ4n) is 3.05. The Hall–Kier alpha value is -1.48. The normalized spacial score (nSPS) is 24.9. The number of alkyl halides is 2. The van der Waals surface area contributed by atoms with Gasteiger partial charge in [0.15, 0.2) is 0 Å². The lowest BCUT2D eigenvalue weighted by atomic mass is 9.79. The minimum Gasteiger partial charge on any atom is -0.598 e. The predicted octanol–water partition coefficient (Wildman–Crippen LogP) is 4.88. The molecule has 0 aliphatic heterocycles. The molecule has 0 bridgehead atoms. The first-order chi connectivity index (χ1) is 13.3. The zero-order valence-electron chi connectivity index (χ0n) is 16.4. The molecule has 9 heteroatoms. The molecule has 160 valence electrons. The summed E-state index contributed by atoms with van der Waals surface area (Å²) in [4.78, 5) is 11.4. The summed E-state index contributed by atoms with van der Waals surface area (Å²) in [6, 6.07) is 3.87. The Bertz CT molecular complexity index is 852. The lowest BCUT2D eigenvalue weighted by Crippen LogP contribution is -2.53. The number of rotatable bonds is 6. The van der Waals surface area contributed by atoms with E-state index in [1.807, 2.05) is 0 Å². The van der Waals surface area contributed by atoms with Crippen molar-refractivity contribution in [2.75, 3.05) is 0 Å². The zero-order valence-corrected chi connectivity index (χ0v) is 18.0. The molecule has 4 nitrogen and oxygen atoms in total. The SMILES string of the molecule is CC1=C(F)C(C(CC(=O)O)N[S+]([O-])C(C)(C)C)C(F)(Cl)C(c2ccccc2F)=C1. The molecule has 0 spiro atoms. The fourth-order valence-corrected chi connectivity index (χ4v) is 4.30. The number of hydrogen-bond donors (Lipinski definition) is 2. The van der Waals surface area contributed by atoms with E-state index in [-0.39, 0.29) is 16.7 Å². The molecule has 0 radical (unpaired) electrons. The molecule has 4 atom stereocenters. The number of aliphatic carboxylic acids is 1. The van der Waals surface area contributed by atoms with E-state index in [0.717, 1.165) is 12.1 Å². The maximum atomic E-state index is 15.9. The maximum absolute atomic E-state index is 15.9. The Morgan fingerprint density at radius 1 is 1.38 bits per heavy atom. The van der Waals surface area contributed by atoms with E-state index in [0.29, 0.717) is 0 Å². The molecular formula is C20H23ClF3NO3S. The van der Waals surface area contributed by atoms with Crippen molar-refractivity contribution in [2.45, 2.75) is 50.0 Å². The van der Waals surface area contributed by atoms with Crippen molar-refractivity contribution in [3.63, 3.8) is 0 Å². The number of carboxylic acids is 1. The van der Waals surface area contributed by atoms with E-state index in [1.165, 1.54) is 25.1 Å². The summed E-state index contributed by atoms with van der Waals surface area (Å²) >= 11 is 4.31. The highest BCUT2D eigenvalue weighted by Gasteiger charge is 2.53. The van der Waals surface area contributed by atoms with E-state index in [2.05, 4.69) is 4.72 Å². The molecule has 2 rings (SSSR count). The van der Waals surface area contributed by atoms with Crippen LogP contribution in [0.4, 0.5) is 13.2 Å². The molecular weight excluding hydrogens is 427 g/mol. The summed E-state index contributed by atoms with van der Waals surface area (Å²) in [5, 5.41) is 6.29. The monoisotopic (exact) mass is 449 g/mol. The second-order valence-electron chi connectivity index (χ2n) is 7.87. The standard InChI is InChI=1S/C20H23ClF3NO3S/c1-11-9-13(12-7-5-6-8-14(12)22)20(21,24)17(18(11)23)15(10-16(26)27)25-29(28)19(2,3)4/h5-9,15,17,25H,10H2,1-4H3,(H,26,27). The number of benzene rings is 1. The van der Waals surface area contributed by atoms with Gasteiger partial charge in [-0.05, 0) is 45.4 Å². The number of nitrogens with one attached hydrogen (secondary N) is 1. The van der Waals surface area contributed by atoms with Gasteiger partial charge in [-0.2, -0.15) is 0 Å². The van der Waals surface area contributed by atoms with Gasteiger partial charge in [0, 0.05) is 22.5 Å². The van der Waals surface area contributed by atoms with Crippen molar-refractivity contribution in [1.29, 1.82) is 0 Å². The van der Waals surface area contributed by atoms with Crippen LogP contribution in [0.3, 0.4) is 0 Å². The average Bonchev–Trinajstić information content (AvgIpc) is 2.57. The number of halogens is 4. The van der Waals surface area contributed by atoms with Crippen LogP contribution < -0.4 is 4.72 Å². The Balaban J connectivity index is 2.57. The van der Waals surface area contributed by atoms with Gasteiger partial charge < -0.3 is 9.66 Å². The number of allylic oxidation sites excluding steroid dienone is 3. The van der Waals surface area contributed by atoms with Crippen molar-refractivity contribution >= 4 is 34.5 Å². The van der Waals surface area contributed by atoms with Crippen LogP contribution in [0.1, 0.15) is 39.7 Å². The van der Waals surface area contributed by atoms with Crippen molar-refractivity contribution < 1.29 is 27.6 Å². The Kier molecular flexibility index (Phi) is 7.15. The molecule has 1 aromatic carbocycles. The first-order valence-corrected chi connectivity index (χ1v) is 10.4. The highest BCUT2D eigenvalue weighted by Crippen LogP contribution is 2.51.